The zero-order valence-corrected chi connectivity index (χ0v) is 13.0. The van der Waals surface area contributed by atoms with Gasteiger partial charge in [0.1, 0.15) is 12.4 Å². The number of hydrogen-bond donors (Lipinski definition) is 3. The highest BCUT2D eigenvalue weighted by molar-refractivity contribution is 5.95. The molecule has 24 heavy (non-hydrogen) atoms. The lowest BCUT2D eigenvalue weighted by Gasteiger charge is -2.01. The molecule has 0 fully saturated rings. The van der Waals surface area contributed by atoms with Crippen molar-refractivity contribution in [1.29, 1.82) is 0 Å². The number of carboxylic acid groups (broad SMARTS) is 1. The van der Waals surface area contributed by atoms with Crippen LogP contribution in [0, 0.1) is 12.7 Å². The minimum Gasteiger partial charge on any atom is -0.480 e. The smallest absolute Gasteiger partial charge is 0.322 e. The van der Waals surface area contributed by atoms with Crippen molar-refractivity contribution >= 4 is 22.8 Å². The van der Waals surface area contributed by atoms with Crippen LogP contribution in [-0.2, 0) is 4.79 Å². The fourth-order valence-electron chi connectivity index (χ4n) is 2.08. The van der Waals surface area contributed by atoms with Gasteiger partial charge in [-0.15, -0.1) is 0 Å². The fourth-order valence-corrected chi connectivity index (χ4v) is 2.08. The van der Waals surface area contributed by atoms with Gasteiger partial charge in [0.2, 0.25) is 0 Å². The van der Waals surface area contributed by atoms with Gasteiger partial charge in [0, 0.05) is 22.7 Å². The maximum absolute atomic E-state index is 12.4. The number of benzene rings is 2. The number of aromatic amines is 1. The molecule has 3 rings (SSSR count). The molecule has 0 spiro atoms. The Kier molecular flexibility index (Phi) is 5.68. The summed E-state index contributed by atoms with van der Waals surface area (Å²) in [5.41, 5.74) is 2.77. The molecule has 0 radical (unpaired) electrons. The summed E-state index contributed by atoms with van der Waals surface area (Å²) in [5.74, 6) is -2.10. The topological polar surface area (TPSA) is 82.2 Å². The second kappa shape index (κ2) is 7.92. The number of aryl methyl sites for hydroxylation is 1. The molecule has 124 valence electrons. The Morgan fingerprint density at radius 3 is 2.42 bits per heavy atom. The van der Waals surface area contributed by atoms with E-state index >= 15 is 0 Å². The number of aliphatic carboxylic acids is 1. The van der Waals surface area contributed by atoms with E-state index in [0.717, 1.165) is 12.1 Å². The summed E-state index contributed by atoms with van der Waals surface area (Å²) in [7, 11) is 0. The van der Waals surface area contributed by atoms with Crippen molar-refractivity contribution < 1.29 is 19.1 Å². The minimum absolute atomic E-state index is 0.229. The zero-order chi connectivity index (χ0) is 17.5. The zero-order valence-electron chi connectivity index (χ0n) is 13.0. The van der Waals surface area contributed by atoms with E-state index in [1.165, 1.54) is 28.6 Å². The molecule has 0 atom stereocenters. The third-order valence-corrected chi connectivity index (χ3v) is 3.30. The minimum atomic E-state index is -1.12. The highest BCUT2D eigenvalue weighted by Gasteiger charge is 2.06. The molecule has 1 aromatic heterocycles. The average Bonchev–Trinajstić information content (AvgIpc) is 2.96. The van der Waals surface area contributed by atoms with Gasteiger partial charge < -0.3 is 15.4 Å². The van der Waals surface area contributed by atoms with E-state index in [9.17, 15) is 14.0 Å². The van der Waals surface area contributed by atoms with Gasteiger partial charge in [-0.2, -0.15) is 0 Å². The van der Waals surface area contributed by atoms with Gasteiger partial charge in [0.05, 0.1) is 0 Å². The molecule has 0 saturated carbocycles. The van der Waals surface area contributed by atoms with E-state index in [2.05, 4.69) is 35.4 Å². The van der Waals surface area contributed by atoms with Crippen LogP contribution in [0.1, 0.15) is 15.9 Å². The summed E-state index contributed by atoms with van der Waals surface area (Å²) in [5, 5.41) is 11.8. The number of H-pyrrole nitrogens is 1. The highest BCUT2D eigenvalue weighted by atomic mass is 19.1. The van der Waals surface area contributed by atoms with E-state index < -0.39 is 24.2 Å². The first kappa shape index (κ1) is 17.2. The number of nitrogens with one attached hydrogen (secondary N) is 2. The number of rotatable bonds is 3. The van der Waals surface area contributed by atoms with E-state index in [-0.39, 0.29) is 5.56 Å². The fraction of sp³-hybridized carbons (Fsp3) is 0.111. The molecule has 6 heteroatoms. The van der Waals surface area contributed by atoms with Gasteiger partial charge in [0.15, 0.2) is 0 Å². The lowest BCUT2D eigenvalue weighted by atomic mass is 10.2. The lowest BCUT2D eigenvalue weighted by molar-refractivity contribution is -0.135. The van der Waals surface area contributed by atoms with Crippen molar-refractivity contribution in [2.45, 2.75) is 6.92 Å². The predicted octanol–water partition coefficient (Wildman–Crippen LogP) is 3.12. The second-order valence-electron chi connectivity index (χ2n) is 5.10. The molecule has 3 N–H and O–H groups in total. The van der Waals surface area contributed by atoms with Crippen molar-refractivity contribution in [2.24, 2.45) is 0 Å². The molecule has 0 saturated heterocycles. The van der Waals surface area contributed by atoms with Crippen molar-refractivity contribution in [3.05, 3.63) is 71.7 Å². The SMILES string of the molecule is Cc1c[nH]c2ccccc12.O=C(O)CNC(=O)c1ccc(F)cc1. The summed E-state index contributed by atoms with van der Waals surface area (Å²) >= 11 is 0. The molecule has 0 bridgehead atoms. The Bertz CT molecular complexity index is 841. The standard InChI is InChI=1S/C9H8FNO3.C9H9N/c10-7-3-1-6(2-4-7)9(14)11-5-8(12)13;1-7-6-10-9-5-3-2-4-8(7)9/h1-4H,5H2,(H,11,14)(H,12,13);2-6,10H,1H3. The Morgan fingerprint density at radius 2 is 1.79 bits per heavy atom. The second-order valence-corrected chi connectivity index (χ2v) is 5.10. The van der Waals surface area contributed by atoms with E-state index in [4.69, 9.17) is 5.11 Å². The van der Waals surface area contributed by atoms with Crippen molar-refractivity contribution in [3.8, 4) is 0 Å². The number of carbonyl (C=O) groups excluding carboxylic acids is 1. The molecule has 0 aliphatic rings. The molecule has 1 heterocycles. The van der Waals surface area contributed by atoms with Crippen LogP contribution in [0.4, 0.5) is 4.39 Å². The molecular formula is C18H17FN2O3. The van der Waals surface area contributed by atoms with Crippen molar-refractivity contribution in [3.63, 3.8) is 0 Å². The van der Waals surface area contributed by atoms with Crippen LogP contribution in [0.2, 0.25) is 0 Å². The molecule has 0 aliphatic heterocycles. The summed E-state index contributed by atoms with van der Waals surface area (Å²) in [6, 6.07) is 13.1. The number of para-hydroxylation sites is 1. The van der Waals surface area contributed by atoms with Crippen LogP contribution >= 0.6 is 0 Å². The Hall–Kier alpha value is -3.15. The number of amides is 1. The number of hydrogen-bond acceptors (Lipinski definition) is 2. The Labute approximate surface area is 138 Å². The molecule has 1 amide bonds. The molecule has 0 aliphatic carbocycles. The van der Waals surface area contributed by atoms with Crippen molar-refractivity contribution in [1.82, 2.24) is 10.3 Å². The average molecular weight is 328 g/mol. The summed E-state index contributed by atoms with van der Waals surface area (Å²) < 4.78 is 12.4. The predicted molar refractivity (Wildman–Crippen MR) is 89.4 cm³/mol. The number of aromatic nitrogens is 1. The maximum Gasteiger partial charge on any atom is 0.322 e. The van der Waals surface area contributed by atoms with Gasteiger partial charge in [0.25, 0.3) is 5.91 Å². The number of fused-ring (bicyclic) bond motifs is 1. The van der Waals surface area contributed by atoms with Gasteiger partial charge in [-0.25, -0.2) is 4.39 Å². The molecule has 0 unspecified atom stereocenters. The van der Waals surface area contributed by atoms with Gasteiger partial charge in [-0.1, -0.05) is 18.2 Å². The van der Waals surface area contributed by atoms with E-state index in [1.807, 2.05) is 12.3 Å². The Balaban J connectivity index is 0.000000182. The highest BCUT2D eigenvalue weighted by Crippen LogP contribution is 2.15. The van der Waals surface area contributed by atoms with Crippen LogP contribution in [0.3, 0.4) is 0 Å². The first-order valence-electron chi connectivity index (χ1n) is 7.25. The van der Waals surface area contributed by atoms with Gasteiger partial charge >= 0.3 is 5.97 Å². The molecule has 2 aromatic carbocycles. The Morgan fingerprint density at radius 1 is 1.12 bits per heavy atom. The van der Waals surface area contributed by atoms with Crippen LogP contribution in [0.15, 0.2) is 54.7 Å². The third kappa shape index (κ3) is 4.67. The van der Waals surface area contributed by atoms with Crippen LogP contribution in [0.25, 0.3) is 10.9 Å². The molecular weight excluding hydrogens is 311 g/mol. The first-order valence-corrected chi connectivity index (χ1v) is 7.25. The first-order chi connectivity index (χ1) is 11.5. The lowest BCUT2D eigenvalue weighted by Crippen LogP contribution is -2.29. The number of halogens is 1. The summed E-state index contributed by atoms with van der Waals surface area (Å²) in [6.45, 7) is 1.66. The van der Waals surface area contributed by atoms with Crippen LogP contribution in [0.5, 0.6) is 0 Å². The summed E-state index contributed by atoms with van der Waals surface area (Å²) in [4.78, 5) is 24.5. The monoisotopic (exact) mass is 328 g/mol. The molecule has 3 aromatic rings. The van der Waals surface area contributed by atoms with E-state index in [1.54, 1.807) is 0 Å². The number of carboxylic acids is 1. The van der Waals surface area contributed by atoms with E-state index in [0.29, 0.717) is 0 Å². The largest absolute Gasteiger partial charge is 0.480 e. The van der Waals surface area contributed by atoms with Gasteiger partial charge in [-0.05, 0) is 42.8 Å². The quantitative estimate of drug-likeness (QED) is 0.691. The normalized spacial score (nSPS) is 9.92. The molecule has 5 nitrogen and oxygen atoms in total. The summed E-state index contributed by atoms with van der Waals surface area (Å²) in [6.07, 6.45) is 2.03. The third-order valence-electron chi connectivity index (χ3n) is 3.30. The van der Waals surface area contributed by atoms with Crippen molar-refractivity contribution in [2.75, 3.05) is 6.54 Å². The number of carbonyl (C=O) groups is 2. The van der Waals surface area contributed by atoms with Crippen LogP contribution in [-0.4, -0.2) is 28.5 Å². The van der Waals surface area contributed by atoms with Crippen LogP contribution < -0.4 is 5.32 Å². The van der Waals surface area contributed by atoms with Gasteiger partial charge in [-0.3, -0.25) is 9.59 Å². The maximum atomic E-state index is 12.4.